The lowest BCUT2D eigenvalue weighted by molar-refractivity contribution is -0.671. The zero-order chi connectivity index (χ0) is 48.1. The first-order valence-corrected chi connectivity index (χ1v) is 23.4. The van der Waals surface area contributed by atoms with Gasteiger partial charge in [-0.1, -0.05) is 23.7 Å². The van der Waals surface area contributed by atoms with E-state index in [1.54, 1.807) is 0 Å². The molecule has 0 radical (unpaired) electrons. The zero-order valence-corrected chi connectivity index (χ0v) is 41.2. The molecule has 0 amide bonds. The summed E-state index contributed by atoms with van der Waals surface area (Å²) in [7, 11) is 8.10. The Morgan fingerprint density at radius 3 is 1.06 bits per heavy atom. The highest BCUT2D eigenvalue weighted by atomic mass is 16.5. The monoisotopic (exact) mass is 917 g/mol. The van der Waals surface area contributed by atoms with E-state index in [4.69, 9.17) is 18.9 Å². The maximum Gasteiger partial charge on any atom is 0.243 e. The lowest BCUT2D eigenvalue weighted by Crippen LogP contribution is -2.23. The van der Waals surface area contributed by atoms with Gasteiger partial charge in [0.25, 0.3) is 0 Å². The number of rotatable bonds is 20. The maximum absolute atomic E-state index is 6.22. The molecule has 4 heterocycles. The molecule has 0 bridgehead atoms. The number of hydrogen-bond donors (Lipinski definition) is 0. The van der Waals surface area contributed by atoms with Crippen LogP contribution in [0.1, 0.15) is 72.9 Å². The van der Waals surface area contributed by atoms with Gasteiger partial charge in [0.15, 0.2) is 0 Å². The molecule has 7 rings (SSSR count). The van der Waals surface area contributed by atoms with Crippen LogP contribution in [0.3, 0.4) is 0 Å². The van der Waals surface area contributed by atoms with Gasteiger partial charge in [-0.05, 0) is 87.4 Å². The Morgan fingerprint density at radius 2 is 0.735 bits per heavy atom. The predicted molar refractivity (Wildman–Crippen MR) is 263 cm³/mol. The third-order valence-corrected chi connectivity index (χ3v) is 10.9. The van der Waals surface area contributed by atoms with Gasteiger partial charge in [0.1, 0.15) is 72.6 Å². The molecule has 4 aromatic heterocycles. The van der Waals surface area contributed by atoms with Crippen LogP contribution in [0, 0.1) is 49.4 Å². The highest BCUT2D eigenvalue weighted by Gasteiger charge is 2.12. The van der Waals surface area contributed by atoms with Crippen molar-refractivity contribution in [3.8, 4) is 58.5 Å². The highest BCUT2D eigenvalue weighted by Crippen LogP contribution is 2.30. The lowest BCUT2D eigenvalue weighted by Gasteiger charge is -2.14. The summed E-state index contributed by atoms with van der Waals surface area (Å²) in [6.07, 6.45) is 28.4. The first-order chi connectivity index (χ1) is 33.0. The van der Waals surface area contributed by atoms with E-state index in [2.05, 4.69) is 118 Å². The SMILES string of the molecule is CC#Cc1cc(OCCCn2cc[n+](C)c2)c(C)cc1OCCCn1cc[n+](C)c1.CC#Cc1ccc(C#Cc2cc(OCCCn3cc[n+](C)c3)c(C)cc2OCCCn2cc[n+](C)c2)cc1. The van der Waals surface area contributed by atoms with Crippen LogP contribution in [-0.4, -0.2) is 44.7 Å². The molecule has 352 valence electrons. The molecule has 0 aliphatic rings. The Hall–Kier alpha value is -7.62. The lowest BCUT2D eigenvalue weighted by atomic mass is 10.1. The van der Waals surface area contributed by atoms with Gasteiger partial charge in [-0.15, -0.1) is 11.8 Å². The van der Waals surface area contributed by atoms with Crippen molar-refractivity contribution in [1.29, 1.82) is 0 Å². The average Bonchev–Trinajstić information content (AvgIpc) is 4.15. The molecular weight excluding hydrogens is 849 g/mol. The molecule has 12 nitrogen and oxygen atoms in total. The van der Waals surface area contributed by atoms with Crippen LogP contribution in [-0.2, 0) is 54.4 Å². The molecule has 0 aliphatic heterocycles. The number of imidazole rings is 4. The third-order valence-electron chi connectivity index (χ3n) is 10.9. The van der Waals surface area contributed by atoms with Gasteiger partial charge in [0.05, 0.1) is 91.9 Å². The van der Waals surface area contributed by atoms with Gasteiger partial charge in [0.2, 0.25) is 25.3 Å². The average molecular weight is 917 g/mol. The van der Waals surface area contributed by atoms with Crippen molar-refractivity contribution in [1.82, 2.24) is 18.3 Å². The fourth-order valence-corrected chi connectivity index (χ4v) is 7.38. The summed E-state index contributed by atoms with van der Waals surface area (Å²) in [5.41, 5.74) is 5.73. The second-order valence-electron chi connectivity index (χ2n) is 16.9. The fraction of sp³-hybridized carbons (Fsp3) is 0.357. The van der Waals surface area contributed by atoms with Gasteiger partial charge >= 0.3 is 0 Å². The zero-order valence-electron chi connectivity index (χ0n) is 41.2. The molecule has 7 aromatic rings. The standard InChI is InChI=1S/C32H36N4O2.C24H32N4O2/c1-5-8-28-9-11-29(12-10-28)13-14-30-24-31(37-21-6-15-35-19-17-33(3)25-35)27(2)23-32(30)38-22-7-16-36-20-18-34(4)26-36;1-5-8-22-18-23(29-15-6-9-27-13-11-25(3)19-27)21(2)17-24(22)30-16-7-10-28-14-12-26(4)20-28/h9-12,17-20,23-26H,6-7,15-16,21-22H2,1-4H3;11-14,17-20H,6-7,9-10,15-16H2,1-4H3/q2*+2. The van der Waals surface area contributed by atoms with E-state index in [1.807, 2.05) is 134 Å². The smallest absolute Gasteiger partial charge is 0.243 e. The number of aryl methyl sites for hydroxylation is 10. The quantitative estimate of drug-likeness (QED) is 0.0497. The molecule has 0 atom stereocenters. The van der Waals surface area contributed by atoms with Crippen LogP contribution in [0.15, 0.2) is 123 Å². The topological polar surface area (TPSA) is 72.2 Å². The van der Waals surface area contributed by atoms with Crippen LogP contribution in [0.5, 0.6) is 23.0 Å². The molecule has 0 fully saturated rings. The van der Waals surface area contributed by atoms with Crippen LogP contribution in [0.4, 0.5) is 0 Å². The fourth-order valence-electron chi connectivity index (χ4n) is 7.38. The van der Waals surface area contributed by atoms with Gasteiger partial charge < -0.3 is 18.9 Å². The summed E-state index contributed by atoms with van der Waals surface area (Å²) in [5.74, 6) is 22.1. The first kappa shape index (κ1) is 49.8. The van der Waals surface area contributed by atoms with Crippen molar-refractivity contribution in [3.05, 3.63) is 157 Å². The Kier molecular flexibility index (Phi) is 19.0. The minimum atomic E-state index is 0.606. The van der Waals surface area contributed by atoms with Crippen molar-refractivity contribution in [2.75, 3.05) is 26.4 Å². The molecule has 0 N–H and O–H groups in total. The predicted octanol–water partition coefficient (Wildman–Crippen LogP) is 6.51. The Labute approximate surface area is 403 Å². The number of aromatic nitrogens is 8. The largest absolute Gasteiger partial charge is 0.493 e. The maximum atomic E-state index is 6.22. The van der Waals surface area contributed by atoms with Crippen LogP contribution >= 0.6 is 0 Å². The Balaban J connectivity index is 0.000000230. The summed E-state index contributed by atoms with van der Waals surface area (Å²) in [5, 5.41) is 0. The van der Waals surface area contributed by atoms with Gasteiger partial charge in [-0.3, -0.25) is 0 Å². The van der Waals surface area contributed by atoms with E-state index in [1.165, 1.54) is 0 Å². The number of ether oxygens (including phenoxy) is 4. The molecule has 0 saturated heterocycles. The Bertz CT molecular complexity index is 2880. The van der Waals surface area contributed by atoms with Crippen molar-refractivity contribution < 1.29 is 37.2 Å². The second kappa shape index (κ2) is 25.9. The van der Waals surface area contributed by atoms with E-state index >= 15 is 0 Å². The summed E-state index contributed by atoms with van der Waals surface area (Å²) >= 11 is 0. The third kappa shape index (κ3) is 16.1. The van der Waals surface area contributed by atoms with E-state index < -0.39 is 0 Å². The summed E-state index contributed by atoms with van der Waals surface area (Å²) in [6.45, 7) is 14.0. The van der Waals surface area contributed by atoms with Crippen molar-refractivity contribution in [2.45, 2.75) is 79.6 Å². The minimum Gasteiger partial charge on any atom is -0.493 e. The van der Waals surface area contributed by atoms with Crippen molar-refractivity contribution in [2.24, 2.45) is 28.2 Å². The summed E-state index contributed by atoms with van der Waals surface area (Å²) in [6, 6.07) is 16.1. The first-order valence-electron chi connectivity index (χ1n) is 23.4. The molecular formula is C56H68N8O4+4. The molecule has 0 unspecified atom stereocenters. The van der Waals surface area contributed by atoms with Gasteiger partial charge in [-0.2, -0.15) is 0 Å². The molecule has 0 aliphatic carbocycles. The molecule has 68 heavy (non-hydrogen) atoms. The molecule has 0 spiro atoms. The Morgan fingerprint density at radius 1 is 0.412 bits per heavy atom. The summed E-state index contributed by atoms with van der Waals surface area (Å²) < 4.78 is 41.3. The molecule has 12 heteroatoms. The number of hydrogen-bond acceptors (Lipinski definition) is 4. The highest BCUT2D eigenvalue weighted by molar-refractivity contribution is 5.56. The van der Waals surface area contributed by atoms with Crippen LogP contribution in [0.2, 0.25) is 0 Å². The second-order valence-corrected chi connectivity index (χ2v) is 16.9. The molecule has 0 saturated carbocycles. The van der Waals surface area contributed by atoms with Crippen molar-refractivity contribution in [3.63, 3.8) is 0 Å². The normalized spacial score (nSPS) is 10.4. The number of nitrogens with zero attached hydrogens (tertiary/aromatic N) is 8. The van der Waals surface area contributed by atoms with Gasteiger partial charge in [-0.25, -0.2) is 36.5 Å². The minimum absolute atomic E-state index is 0.606. The van der Waals surface area contributed by atoms with E-state index in [0.717, 1.165) is 108 Å². The van der Waals surface area contributed by atoms with E-state index in [9.17, 15) is 0 Å². The molecule has 3 aromatic carbocycles. The number of benzene rings is 3. The van der Waals surface area contributed by atoms with Crippen molar-refractivity contribution >= 4 is 0 Å². The van der Waals surface area contributed by atoms with Crippen LogP contribution < -0.4 is 37.2 Å². The van der Waals surface area contributed by atoms with E-state index in [-0.39, 0.29) is 0 Å². The van der Waals surface area contributed by atoms with E-state index in [0.29, 0.717) is 26.4 Å². The van der Waals surface area contributed by atoms with Gasteiger partial charge in [0, 0.05) is 36.8 Å². The van der Waals surface area contributed by atoms with Crippen LogP contribution in [0.25, 0.3) is 0 Å². The summed E-state index contributed by atoms with van der Waals surface area (Å²) in [4.78, 5) is 0.